The highest BCUT2D eigenvalue weighted by molar-refractivity contribution is 9.10. The first-order chi connectivity index (χ1) is 5.97. The van der Waals surface area contributed by atoms with Crippen molar-refractivity contribution in [3.05, 3.63) is 23.8 Å². The molecule has 0 radical (unpaired) electrons. The molecule has 70 valence electrons. The number of alkyl halides is 1. The zero-order chi connectivity index (χ0) is 10.1. The van der Waals surface area contributed by atoms with E-state index in [1.807, 2.05) is 0 Å². The van der Waals surface area contributed by atoms with Crippen molar-refractivity contribution in [2.24, 2.45) is 0 Å². The minimum Gasteiger partial charge on any atom is -0.504 e. The molecule has 0 saturated heterocycles. The summed E-state index contributed by atoms with van der Waals surface area (Å²) in [6.07, 6.45) is 0.721. The van der Waals surface area contributed by atoms with Crippen LogP contribution in [0.25, 0.3) is 0 Å². The highest BCUT2D eigenvalue weighted by Crippen LogP contribution is 2.34. The maximum atomic E-state index is 10.6. The Kier molecular flexibility index (Phi) is 2.61. The zero-order valence-electron chi connectivity index (χ0n) is 6.99. The summed E-state index contributed by atoms with van der Waals surface area (Å²) in [6, 6.07) is 4.25. The molecule has 0 aliphatic carbocycles. The lowest BCUT2D eigenvalue weighted by atomic mass is 10.0. The SMILES string of the molecule is CC(Br)(C=O)c1ccc(O)c(O)c1. The Bertz CT molecular complexity index is 334. The van der Waals surface area contributed by atoms with Crippen LogP contribution in [0, 0.1) is 0 Å². The second-order valence-electron chi connectivity index (χ2n) is 2.90. The summed E-state index contributed by atoms with van der Waals surface area (Å²) in [5.41, 5.74) is 0.595. The van der Waals surface area contributed by atoms with Gasteiger partial charge in [0.1, 0.15) is 10.6 Å². The van der Waals surface area contributed by atoms with E-state index in [1.54, 1.807) is 13.0 Å². The van der Waals surface area contributed by atoms with Crippen molar-refractivity contribution in [1.29, 1.82) is 0 Å². The molecule has 0 aliphatic heterocycles. The largest absolute Gasteiger partial charge is 0.504 e. The van der Waals surface area contributed by atoms with E-state index in [1.165, 1.54) is 12.1 Å². The number of carbonyl (C=O) groups is 1. The third kappa shape index (κ3) is 2.01. The molecule has 0 fully saturated rings. The molecule has 0 aliphatic rings. The Labute approximate surface area is 84.1 Å². The van der Waals surface area contributed by atoms with Crippen LogP contribution < -0.4 is 0 Å². The van der Waals surface area contributed by atoms with Crippen LogP contribution in [-0.2, 0) is 9.12 Å². The number of hydrogen-bond acceptors (Lipinski definition) is 3. The first kappa shape index (κ1) is 10.1. The monoisotopic (exact) mass is 244 g/mol. The molecule has 1 aromatic carbocycles. The van der Waals surface area contributed by atoms with Crippen molar-refractivity contribution in [3.8, 4) is 11.5 Å². The van der Waals surface area contributed by atoms with Crippen LogP contribution in [-0.4, -0.2) is 16.5 Å². The summed E-state index contributed by atoms with van der Waals surface area (Å²) in [5, 5.41) is 18.2. The van der Waals surface area contributed by atoms with Gasteiger partial charge in [-0.1, -0.05) is 22.0 Å². The molecule has 13 heavy (non-hydrogen) atoms. The number of aldehydes is 1. The van der Waals surface area contributed by atoms with Gasteiger partial charge in [0, 0.05) is 0 Å². The minimum absolute atomic E-state index is 0.196. The number of carbonyl (C=O) groups excluding carboxylic acids is 1. The van der Waals surface area contributed by atoms with Gasteiger partial charge in [-0.2, -0.15) is 0 Å². The first-order valence-electron chi connectivity index (χ1n) is 3.65. The predicted molar refractivity (Wildman–Crippen MR) is 52.1 cm³/mol. The molecule has 1 atom stereocenters. The average Bonchev–Trinajstić information content (AvgIpc) is 2.09. The lowest BCUT2D eigenvalue weighted by molar-refractivity contribution is -0.109. The number of hydrogen-bond donors (Lipinski definition) is 2. The van der Waals surface area contributed by atoms with Crippen molar-refractivity contribution in [2.45, 2.75) is 11.2 Å². The number of rotatable bonds is 2. The molecular formula is C9H9BrO3. The van der Waals surface area contributed by atoms with Crippen LogP contribution in [0.15, 0.2) is 18.2 Å². The van der Waals surface area contributed by atoms with Crippen LogP contribution in [0.3, 0.4) is 0 Å². The summed E-state index contributed by atoms with van der Waals surface area (Å²) in [4.78, 5) is 10.6. The van der Waals surface area contributed by atoms with E-state index < -0.39 is 4.32 Å². The van der Waals surface area contributed by atoms with Crippen molar-refractivity contribution in [1.82, 2.24) is 0 Å². The molecule has 0 aromatic heterocycles. The van der Waals surface area contributed by atoms with Gasteiger partial charge in [0.2, 0.25) is 0 Å². The molecule has 3 nitrogen and oxygen atoms in total. The number of benzene rings is 1. The zero-order valence-corrected chi connectivity index (χ0v) is 8.58. The van der Waals surface area contributed by atoms with Gasteiger partial charge in [-0.15, -0.1) is 0 Å². The molecular weight excluding hydrogens is 236 g/mol. The molecule has 0 spiro atoms. The van der Waals surface area contributed by atoms with Gasteiger partial charge in [0.05, 0.1) is 0 Å². The van der Waals surface area contributed by atoms with Gasteiger partial charge >= 0.3 is 0 Å². The fraction of sp³-hybridized carbons (Fsp3) is 0.222. The molecule has 0 bridgehead atoms. The average molecular weight is 245 g/mol. The Hall–Kier alpha value is -1.03. The van der Waals surface area contributed by atoms with Crippen LogP contribution in [0.1, 0.15) is 12.5 Å². The van der Waals surface area contributed by atoms with E-state index in [4.69, 9.17) is 5.11 Å². The molecule has 2 N–H and O–H groups in total. The maximum absolute atomic E-state index is 10.6. The second-order valence-corrected chi connectivity index (χ2v) is 4.54. The molecule has 0 heterocycles. The summed E-state index contributed by atoms with van der Waals surface area (Å²) in [5.74, 6) is -0.428. The van der Waals surface area contributed by atoms with Crippen molar-refractivity contribution >= 4 is 22.2 Å². The number of aromatic hydroxyl groups is 2. The fourth-order valence-corrected chi connectivity index (χ4v) is 1.14. The third-order valence-electron chi connectivity index (χ3n) is 1.76. The quantitative estimate of drug-likeness (QED) is 0.475. The fourth-order valence-electron chi connectivity index (χ4n) is 0.896. The topological polar surface area (TPSA) is 57.5 Å². The molecule has 4 heteroatoms. The van der Waals surface area contributed by atoms with Gasteiger partial charge < -0.3 is 15.0 Å². The third-order valence-corrected chi connectivity index (χ3v) is 2.41. The predicted octanol–water partition coefficient (Wildman–Crippen LogP) is 1.91. The lowest BCUT2D eigenvalue weighted by Crippen LogP contribution is -2.13. The summed E-state index contributed by atoms with van der Waals surface area (Å²) in [7, 11) is 0. The summed E-state index contributed by atoms with van der Waals surface area (Å²) in [6.45, 7) is 1.66. The molecule has 0 amide bonds. The highest BCUT2D eigenvalue weighted by Gasteiger charge is 2.22. The van der Waals surface area contributed by atoms with Crippen molar-refractivity contribution in [2.75, 3.05) is 0 Å². The van der Waals surface area contributed by atoms with E-state index in [-0.39, 0.29) is 11.5 Å². The molecule has 0 saturated carbocycles. The summed E-state index contributed by atoms with van der Waals surface area (Å²) >= 11 is 3.19. The minimum atomic E-state index is -0.821. The van der Waals surface area contributed by atoms with Gasteiger partial charge in [-0.05, 0) is 24.6 Å². The standard InChI is InChI=1S/C9H9BrO3/c1-9(10,5-11)6-2-3-7(12)8(13)4-6/h2-5,12-13H,1H3. The Morgan fingerprint density at radius 3 is 2.46 bits per heavy atom. The molecule has 1 aromatic rings. The first-order valence-corrected chi connectivity index (χ1v) is 4.44. The van der Waals surface area contributed by atoms with E-state index in [0.29, 0.717) is 5.56 Å². The normalized spacial score (nSPS) is 14.9. The Morgan fingerprint density at radius 1 is 1.38 bits per heavy atom. The van der Waals surface area contributed by atoms with Crippen molar-refractivity contribution < 1.29 is 15.0 Å². The highest BCUT2D eigenvalue weighted by atomic mass is 79.9. The smallest absolute Gasteiger partial charge is 0.157 e. The Balaban J connectivity index is 3.18. The van der Waals surface area contributed by atoms with Gasteiger partial charge in [0.25, 0.3) is 0 Å². The lowest BCUT2D eigenvalue weighted by Gasteiger charge is -2.15. The van der Waals surface area contributed by atoms with E-state index >= 15 is 0 Å². The van der Waals surface area contributed by atoms with Crippen LogP contribution in [0.5, 0.6) is 11.5 Å². The van der Waals surface area contributed by atoms with Gasteiger partial charge in [-0.25, -0.2) is 0 Å². The molecule has 1 rings (SSSR count). The van der Waals surface area contributed by atoms with E-state index in [2.05, 4.69) is 15.9 Å². The van der Waals surface area contributed by atoms with Gasteiger partial charge in [0.15, 0.2) is 11.5 Å². The van der Waals surface area contributed by atoms with Crippen LogP contribution in [0.4, 0.5) is 0 Å². The number of phenolic OH excluding ortho intramolecular Hbond substituents is 2. The summed E-state index contributed by atoms with van der Waals surface area (Å²) < 4.78 is -0.821. The van der Waals surface area contributed by atoms with E-state index in [9.17, 15) is 9.90 Å². The van der Waals surface area contributed by atoms with Crippen LogP contribution in [0.2, 0.25) is 0 Å². The van der Waals surface area contributed by atoms with Crippen molar-refractivity contribution in [3.63, 3.8) is 0 Å². The Morgan fingerprint density at radius 2 is 2.00 bits per heavy atom. The van der Waals surface area contributed by atoms with E-state index in [0.717, 1.165) is 6.29 Å². The number of phenols is 2. The molecule has 1 unspecified atom stereocenters. The van der Waals surface area contributed by atoms with Crippen LogP contribution >= 0.6 is 15.9 Å². The van der Waals surface area contributed by atoms with Gasteiger partial charge in [-0.3, -0.25) is 0 Å². The maximum Gasteiger partial charge on any atom is 0.157 e. The number of halogens is 1. The second kappa shape index (κ2) is 3.38.